The van der Waals surface area contributed by atoms with Crippen LogP contribution in [0.25, 0.3) is 0 Å². The van der Waals surface area contributed by atoms with Gasteiger partial charge < -0.3 is 0 Å². The van der Waals surface area contributed by atoms with Crippen LogP contribution in [-0.2, 0) is 0 Å². The molecule has 0 heteroatoms. The predicted octanol–water partition coefficient (Wildman–Crippen LogP) is 3.48. The number of unbranched alkanes of at least 4 members (excludes halogenated alkanes) is 2. The van der Waals surface area contributed by atoms with Crippen LogP contribution in [0.2, 0.25) is 0 Å². The monoisotopic (exact) mass is 172 g/mol. The number of hydrogen-bond donors (Lipinski definition) is 0. The van der Waals surface area contributed by atoms with Gasteiger partial charge in [0.1, 0.15) is 0 Å². The summed E-state index contributed by atoms with van der Waals surface area (Å²) < 4.78 is 0. The molecule has 0 fully saturated rings. The van der Waals surface area contributed by atoms with Crippen LogP contribution in [0.15, 0.2) is 36.5 Å². The molecule has 0 aliphatic heterocycles. The summed E-state index contributed by atoms with van der Waals surface area (Å²) in [5.41, 5.74) is 0. The summed E-state index contributed by atoms with van der Waals surface area (Å²) in [6, 6.07) is 0. The van der Waals surface area contributed by atoms with Gasteiger partial charge in [0.15, 0.2) is 0 Å². The van der Waals surface area contributed by atoms with Gasteiger partial charge >= 0.3 is 0 Å². The fourth-order valence-electron chi connectivity index (χ4n) is 1.41. The standard InChI is InChI=1S/C13H16/c1-2-3-4-7-10-13-11-8-5-6-9-12-13/h1,5-6,8-9,11-13H,3-4,7,10H2. The van der Waals surface area contributed by atoms with Gasteiger partial charge in [-0.2, -0.15) is 0 Å². The molecule has 0 atom stereocenters. The van der Waals surface area contributed by atoms with Gasteiger partial charge in [-0.1, -0.05) is 42.9 Å². The first-order chi connectivity index (χ1) is 6.43. The van der Waals surface area contributed by atoms with Gasteiger partial charge in [0, 0.05) is 6.42 Å². The Bertz CT molecular complexity index is 232. The normalized spacial score (nSPS) is 15.6. The average molecular weight is 172 g/mol. The summed E-state index contributed by atoms with van der Waals surface area (Å²) in [4.78, 5) is 0. The molecule has 0 bridgehead atoms. The van der Waals surface area contributed by atoms with Gasteiger partial charge in [0.25, 0.3) is 0 Å². The molecule has 13 heavy (non-hydrogen) atoms. The zero-order valence-corrected chi connectivity index (χ0v) is 7.95. The van der Waals surface area contributed by atoms with Crippen molar-refractivity contribution in [3.05, 3.63) is 36.5 Å². The van der Waals surface area contributed by atoms with Crippen LogP contribution < -0.4 is 0 Å². The highest BCUT2D eigenvalue weighted by Gasteiger charge is 1.99. The van der Waals surface area contributed by atoms with Crippen molar-refractivity contribution < 1.29 is 0 Å². The van der Waals surface area contributed by atoms with Gasteiger partial charge in [0.05, 0.1) is 0 Å². The van der Waals surface area contributed by atoms with Crippen LogP contribution in [0.1, 0.15) is 25.7 Å². The third-order valence-corrected chi connectivity index (χ3v) is 2.16. The molecular weight excluding hydrogens is 156 g/mol. The highest BCUT2D eigenvalue weighted by Crippen LogP contribution is 2.14. The van der Waals surface area contributed by atoms with E-state index in [2.05, 4.69) is 42.4 Å². The van der Waals surface area contributed by atoms with Crippen LogP contribution in [0, 0.1) is 18.3 Å². The van der Waals surface area contributed by atoms with Gasteiger partial charge in [-0.25, -0.2) is 0 Å². The lowest BCUT2D eigenvalue weighted by atomic mass is 10.0. The first-order valence-electron chi connectivity index (χ1n) is 4.88. The SMILES string of the molecule is C#CCCCCC1C=CC=CC=C1. The molecule has 1 aliphatic rings. The summed E-state index contributed by atoms with van der Waals surface area (Å²) in [7, 11) is 0. The lowest BCUT2D eigenvalue weighted by molar-refractivity contribution is 0.627. The van der Waals surface area contributed by atoms with Gasteiger partial charge in [-0.15, -0.1) is 12.3 Å². The van der Waals surface area contributed by atoms with E-state index in [1.165, 1.54) is 12.8 Å². The van der Waals surface area contributed by atoms with Crippen molar-refractivity contribution in [3.63, 3.8) is 0 Å². The van der Waals surface area contributed by atoms with Crippen molar-refractivity contribution in [3.8, 4) is 12.3 Å². The molecular formula is C13H16. The van der Waals surface area contributed by atoms with Crippen molar-refractivity contribution >= 4 is 0 Å². The van der Waals surface area contributed by atoms with E-state index in [1.807, 2.05) is 0 Å². The van der Waals surface area contributed by atoms with Gasteiger partial charge in [0.2, 0.25) is 0 Å². The molecule has 0 saturated carbocycles. The maximum absolute atomic E-state index is 5.18. The zero-order valence-electron chi connectivity index (χ0n) is 7.95. The van der Waals surface area contributed by atoms with Crippen molar-refractivity contribution in [2.24, 2.45) is 5.92 Å². The molecule has 1 aliphatic carbocycles. The fraction of sp³-hybridized carbons (Fsp3) is 0.385. The summed E-state index contributed by atoms with van der Waals surface area (Å²) in [5.74, 6) is 3.27. The molecule has 0 amide bonds. The van der Waals surface area contributed by atoms with E-state index in [4.69, 9.17) is 6.42 Å². The van der Waals surface area contributed by atoms with Gasteiger partial charge in [-0.05, 0) is 18.8 Å². The van der Waals surface area contributed by atoms with E-state index < -0.39 is 0 Å². The number of allylic oxidation sites excluding steroid dienone is 6. The molecule has 0 aromatic rings. The number of terminal acetylenes is 1. The largest absolute Gasteiger partial charge is 0.120 e. The minimum absolute atomic E-state index is 0.604. The Morgan fingerprint density at radius 3 is 2.31 bits per heavy atom. The molecule has 0 aromatic heterocycles. The van der Waals surface area contributed by atoms with Crippen molar-refractivity contribution in [2.45, 2.75) is 25.7 Å². The Balaban J connectivity index is 2.18. The zero-order chi connectivity index (χ0) is 9.36. The summed E-state index contributed by atoms with van der Waals surface area (Å²) in [6.07, 6.45) is 22.6. The Hall–Kier alpha value is -1.22. The van der Waals surface area contributed by atoms with Crippen LogP contribution in [0.3, 0.4) is 0 Å². The summed E-state index contributed by atoms with van der Waals surface area (Å²) in [5, 5.41) is 0. The van der Waals surface area contributed by atoms with Crippen LogP contribution in [-0.4, -0.2) is 0 Å². The summed E-state index contributed by atoms with van der Waals surface area (Å²) in [6.45, 7) is 0. The molecule has 0 unspecified atom stereocenters. The topological polar surface area (TPSA) is 0 Å². The number of rotatable bonds is 4. The molecule has 0 nitrogen and oxygen atoms in total. The Morgan fingerprint density at radius 1 is 1.00 bits per heavy atom. The highest BCUT2D eigenvalue weighted by atomic mass is 14.0. The Kier molecular flexibility index (Phi) is 4.79. The second kappa shape index (κ2) is 6.31. The first kappa shape index (κ1) is 9.86. The molecule has 0 saturated heterocycles. The van der Waals surface area contributed by atoms with E-state index >= 15 is 0 Å². The van der Waals surface area contributed by atoms with E-state index in [0.29, 0.717) is 5.92 Å². The molecule has 68 valence electrons. The third kappa shape index (κ3) is 4.38. The quantitative estimate of drug-likeness (QED) is 0.450. The lowest BCUT2D eigenvalue weighted by Gasteiger charge is -2.04. The molecule has 0 heterocycles. The third-order valence-electron chi connectivity index (χ3n) is 2.16. The maximum Gasteiger partial charge on any atom is 0.00860 e. The minimum atomic E-state index is 0.604. The maximum atomic E-state index is 5.18. The van der Waals surface area contributed by atoms with E-state index in [9.17, 15) is 0 Å². The summed E-state index contributed by atoms with van der Waals surface area (Å²) >= 11 is 0. The average Bonchev–Trinajstić information content (AvgIpc) is 2.41. The van der Waals surface area contributed by atoms with E-state index in [-0.39, 0.29) is 0 Å². The molecule has 0 N–H and O–H groups in total. The molecule has 1 rings (SSSR count). The van der Waals surface area contributed by atoms with Crippen molar-refractivity contribution in [2.75, 3.05) is 0 Å². The smallest absolute Gasteiger partial charge is 0.00860 e. The van der Waals surface area contributed by atoms with Gasteiger partial charge in [-0.3, -0.25) is 0 Å². The lowest BCUT2D eigenvalue weighted by Crippen LogP contribution is -1.90. The van der Waals surface area contributed by atoms with Crippen LogP contribution in [0.5, 0.6) is 0 Å². The Labute approximate surface area is 81.0 Å². The highest BCUT2D eigenvalue weighted by molar-refractivity contribution is 5.19. The fourth-order valence-corrected chi connectivity index (χ4v) is 1.41. The molecule has 0 radical (unpaired) electrons. The molecule has 0 aromatic carbocycles. The minimum Gasteiger partial charge on any atom is -0.120 e. The Morgan fingerprint density at radius 2 is 1.69 bits per heavy atom. The molecule has 0 spiro atoms. The second-order valence-electron chi connectivity index (χ2n) is 3.27. The number of hydrogen-bond acceptors (Lipinski definition) is 0. The van der Waals surface area contributed by atoms with Crippen LogP contribution >= 0.6 is 0 Å². The van der Waals surface area contributed by atoms with Crippen LogP contribution in [0.4, 0.5) is 0 Å². The first-order valence-corrected chi connectivity index (χ1v) is 4.88. The van der Waals surface area contributed by atoms with E-state index in [1.54, 1.807) is 0 Å². The second-order valence-corrected chi connectivity index (χ2v) is 3.27. The van der Waals surface area contributed by atoms with E-state index in [0.717, 1.165) is 12.8 Å². The van der Waals surface area contributed by atoms with Crippen molar-refractivity contribution in [1.82, 2.24) is 0 Å². The van der Waals surface area contributed by atoms with Crippen molar-refractivity contribution in [1.29, 1.82) is 0 Å². The predicted molar refractivity (Wildman–Crippen MR) is 58.2 cm³/mol.